The molecule has 72 valence electrons. The zero-order chi connectivity index (χ0) is 9.84. The second-order valence-electron chi connectivity index (χ2n) is 2.85. The highest BCUT2D eigenvalue weighted by atomic mass is 16.5. The maximum Gasteiger partial charge on any atom is 0.222 e. The SMILES string of the molecule is CCCn1nc(C)c(C=O)c1OC. The number of rotatable bonds is 4. The van der Waals surface area contributed by atoms with Crippen LogP contribution in [0.5, 0.6) is 5.88 Å². The Morgan fingerprint density at radius 2 is 2.31 bits per heavy atom. The second kappa shape index (κ2) is 4.07. The molecular weight excluding hydrogens is 168 g/mol. The Morgan fingerprint density at radius 1 is 1.62 bits per heavy atom. The van der Waals surface area contributed by atoms with Crippen LogP contribution >= 0.6 is 0 Å². The fourth-order valence-electron chi connectivity index (χ4n) is 1.29. The molecule has 13 heavy (non-hydrogen) atoms. The second-order valence-corrected chi connectivity index (χ2v) is 2.85. The third kappa shape index (κ3) is 1.71. The van der Waals surface area contributed by atoms with Crippen LogP contribution in [0.15, 0.2) is 0 Å². The van der Waals surface area contributed by atoms with E-state index < -0.39 is 0 Å². The number of hydrogen-bond donors (Lipinski definition) is 0. The zero-order valence-corrected chi connectivity index (χ0v) is 8.20. The lowest BCUT2D eigenvalue weighted by Crippen LogP contribution is -2.02. The van der Waals surface area contributed by atoms with Crippen LogP contribution in [0, 0.1) is 6.92 Å². The van der Waals surface area contributed by atoms with Gasteiger partial charge < -0.3 is 4.74 Å². The number of aryl methyl sites for hydroxylation is 2. The van der Waals surface area contributed by atoms with E-state index >= 15 is 0 Å². The Bertz CT molecular complexity index is 305. The van der Waals surface area contributed by atoms with Gasteiger partial charge in [0.1, 0.15) is 0 Å². The molecule has 0 radical (unpaired) electrons. The fraction of sp³-hybridized carbons (Fsp3) is 0.556. The first kappa shape index (κ1) is 9.77. The smallest absolute Gasteiger partial charge is 0.222 e. The van der Waals surface area contributed by atoms with Crippen LogP contribution in [-0.2, 0) is 6.54 Å². The monoisotopic (exact) mass is 182 g/mol. The molecule has 0 saturated carbocycles. The van der Waals surface area contributed by atoms with E-state index in [-0.39, 0.29) is 0 Å². The van der Waals surface area contributed by atoms with Crippen molar-refractivity contribution < 1.29 is 9.53 Å². The number of hydrogen-bond acceptors (Lipinski definition) is 3. The fourth-order valence-corrected chi connectivity index (χ4v) is 1.29. The molecule has 0 saturated heterocycles. The van der Waals surface area contributed by atoms with E-state index in [0.29, 0.717) is 11.4 Å². The van der Waals surface area contributed by atoms with E-state index in [4.69, 9.17) is 4.74 Å². The molecule has 0 aliphatic carbocycles. The Balaban J connectivity index is 3.13. The molecule has 0 atom stereocenters. The van der Waals surface area contributed by atoms with E-state index in [9.17, 15) is 4.79 Å². The van der Waals surface area contributed by atoms with Gasteiger partial charge in [0.2, 0.25) is 5.88 Å². The first-order valence-electron chi connectivity index (χ1n) is 4.31. The topological polar surface area (TPSA) is 44.1 Å². The van der Waals surface area contributed by atoms with Gasteiger partial charge in [-0.3, -0.25) is 4.79 Å². The van der Waals surface area contributed by atoms with Gasteiger partial charge in [-0.05, 0) is 13.3 Å². The van der Waals surface area contributed by atoms with Crippen molar-refractivity contribution in [1.29, 1.82) is 0 Å². The third-order valence-corrected chi connectivity index (χ3v) is 1.87. The number of methoxy groups -OCH3 is 1. The summed E-state index contributed by atoms with van der Waals surface area (Å²) in [6.07, 6.45) is 1.75. The first-order valence-corrected chi connectivity index (χ1v) is 4.31. The van der Waals surface area contributed by atoms with E-state index in [1.165, 1.54) is 0 Å². The van der Waals surface area contributed by atoms with Crippen LogP contribution in [0.25, 0.3) is 0 Å². The normalized spacial score (nSPS) is 10.1. The summed E-state index contributed by atoms with van der Waals surface area (Å²) in [5.74, 6) is 0.564. The molecule has 1 rings (SSSR count). The molecule has 0 aromatic carbocycles. The van der Waals surface area contributed by atoms with Crippen molar-refractivity contribution in [3.8, 4) is 5.88 Å². The first-order chi connectivity index (χ1) is 6.24. The van der Waals surface area contributed by atoms with Crippen molar-refractivity contribution in [2.24, 2.45) is 0 Å². The highest BCUT2D eigenvalue weighted by molar-refractivity contribution is 5.80. The molecular formula is C9H14N2O2. The van der Waals surface area contributed by atoms with Gasteiger partial charge in [-0.25, -0.2) is 4.68 Å². The van der Waals surface area contributed by atoms with Crippen molar-refractivity contribution >= 4 is 6.29 Å². The largest absolute Gasteiger partial charge is 0.481 e. The number of aromatic nitrogens is 2. The van der Waals surface area contributed by atoms with E-state index in [1.807, 2.05) is 0 Å². The summed E-state index contributed by atoms with van der Waals surface area (Å²) in [5, 5.41) is 4.20. The number of aldehydes is 1. The van der Waals surface area contributed by atoms with Gasteiger partial charge in [0.05, 0.1) is 18.4 Å². The summed E-state index contributed by atoms with van der Waals surface area (Å²) in [5.41, 5.74) is 1.27. The lowest BCUT2D eigenvalue weighted by molar-refractivity contribution is 0.111. The number of ether oxygens (including phenoxy) is 1. The van der Waals surface area contributed by atoms with Crippen LogP contribution in [0.3, 0.4) is 0 Å². The van der Waals surface area contributed by atoms with Crippen molar-refractivity contribution in [3.05, 3.63) is 11.3 Å². The molecule has 0 bridgehead atoms. The third-order valence-electron chi connectivity index (χ3n) is 1.87. The minimum absolute atomic E-state index is 0.552. The highest BCUT2D eigenvalue weighted by Crippen LogP contribution is 2.19. The van der Waals surface area contributed by atoms with Crippen molar-refractivity contribution in [3.63, 3.8) is 0 Å². The van der Waals surface area contributed by atoms with Gasteiger partial charge in [-0.2, -0.15) is 5.10 Å². The lowest BCUT2D eigenvalue weighted by Gasteiger charge is -2.03. The summed E-state index contributed by atoms with van der Waals surface area (Å²) >= 11 is 0. The predicted molar refractivity (Wildman–Crippen MR) is 49.2 cm³/mol. The van der Waals surface area contributed by atoms with Crippen molar-refractivity contribution in [2.75, 3.05) is 7.11 Å². The van der Waals surface area contributed by atoms with Crippen LogP contribution < -0.4 is 4.74 Å². The average Bonchev–Trinajstić information content (AvgIpc) is 2.41. The summed E-state index contributed by atoms with van der Waals surface area (Å²) in [4.78, 5) is 10.7. The summed E-state index contributed by atoms with van der Waals surface area (Å²) in [7, 11) is 1.55. The van der Waals surface area contributed by atoms with Gasteiger partial charge in [0.25, 0.3) is 0 Å². The van der Waals surface area contributed by atoms with Gasteiger partial charge >= 0.3 is 0 Å². The predicted octanol–water partition coefficient (Wildman–Crippen LogP) is 1.42. The molecule has 1 heterocycles. The maximum atomic E-state index is 10.7. The molecule has 4 heteroatoms. The molecule has 0 spiro atoms. The number of nitrogens with zero attached hydrogens (tertiary/aromatic N) is 2. The minimum Gasteiger partial charge on any atom is -0.481 e. The Hall–Kier alpha value is -1.32. The van der Waals surface area contributed by atoms with Crippen molar-refractivity contribution in [2.45, 2.75) is 26.8 Å². The minimum atomic E-state index is 0.552. The molecule has 0 aliphatic rings. The number of carbonyl (C=O) groups excluding carboxylic acids is 1. The summed E-state index contributed by atoms with van der Waals surface area (Å²) in [6.45, 7) is 4.63. The molecule has 1 aromatic heterocycles. The van der Waals surface area contributed by atoms with Gasteiger partial charge in [-0.15, -0.1) is 0 Å². The molecule has 0 fully saturated rings. The van der Waals surface area contributed by atoms with Crippen molar-refractivity contribution in [1.82, 2.24) is 9.78 Å². The quantitative estimate of drug-likeness (QED) is 0.661. The van der Waals surface area contributed by atoms with E-state index in [1.54, 1.807) is 18.7 Å². The molecule has 0 unspecified atom stereocenters. The van der Waals surface area contributed by atoms with Crippen LogP contribution in [0.1, 0.15) is 29.4 Å². The van der Waals surface area contributed by atoms with Gasteiger partial charge in [0, 0.05) is 6.54 Å². The van der Waals surface area contributed by atoms with Gasteiger partial charge in [-0.1, -0.05) is 6.92 Å². The van der Waals surface area contributed by atoms with Crippen LogP contribution in [0.2, 0.25) is 0 Å². The lowest BCUT2D eigenvalue weighted by atomic mass is 10.3. The Kier molecular flexibility index (Phi) is 3.06. The van der Waals surface area contributed by atoms with Crippen LogP contribution in [-0.4, -0.2) is 23.2 Å². The standard InChI is InChI=1S/C9H14N2O2/c1-4-5-11-9(13-3)8(6-12)7(2)10-11/h6H,4-5H2,1-3H3. The molecule has 0 N–H and O–H groups in total. The van der Waals surface area contributed by atoms with E-state index in [2.05, 4.69) is 12.0 Å². The van der Waals surface area contributed by atoms with Crippen LogP contribution in [0.4, 0.5) is 0 Å². The summed E-state index contributed by atoms with van der Waals surface area (Å²) < 4.78 is 6.83. The maximum absolute atomic E-state index is 10.7. The Morgan fingerprint density at radius 3 is 2.77 bits per heavy atom. The molecule has 1 aromatic rings. The van der Waals surface area contributed by atoms with Gasteiger partial charge in [0.15, 0.2) is 6.29 Å². The van der Waals surface area contributed by atoms with E-state index in [0.717, 1.165) is 24.9 Å². The molecule has 0 amide bonds. The molecule has 0 aliphatic heterocycles. The zero-order valence-electron chi connectivity index (χ0n) is 8.20. The number of carbonyl (C=O) groups is 1. The highest BCUT2D eigenvalue weighted by Gasteiger charge is 2.13. The average molecular weight is 182 g/mol. The molecule has 4 nitrogen and oxygen atoms in total. The summed E-state index contributed by atoms with van der Waals surface area (Å²) in [6, 6.07) is 0. The Labute approximate surface area is 77.5 Å².